The van der Waals surface area contributed by atoms with Crippen molar-refractivity contribution in [2.45, 2.75) is 219 Å². The first kappa shape index (κ1) is 53.8. The minimum Gasteiger partial charge on any atom is -0.462 e. The fourth-order valence-electron chi connectivity index (χ4n) is 6.44. The molecule has 0 aromatic carbocycles. The van der Waals surface area contributed by atoms with Gasteiger partial charge in [0.25, 0.3) is 0 Å². The van der Waals surface area contributed by atoms with Crippen LogP contribution in [0, 0.1) is 0 Å². The van der Waals surface area contributed by atoms with Gasteiger partial charge in [-0.3, -0.25) is 18.6 Å². The lowest BCUT2D eigenvalue weighted by atomic mass is 10.0. The second-order valence-electron chi connectivity index (χ2n) is 16.8. The summed E-state index contributed by atoms with van der Waals surface area (Å²) < 4.78 is 34.3. The Morgan fingerprint density at radius 2 is 0.964 bits per heavy atom. The van der Waals surface area contributed by atoms with Crippen molar-refractivity contribution >= 4 is 19.8 Å². The molecular weight excluding hydrogens is 713 g/mol. The number of carbonyl (C=O) groups is 2. The van der Waals surface area contributed by atoms with Crippen molar-refractivity contribution in [3.05, 3.63) is 12.2 Å². The number of phosphoric ester groups is 1. The van der Waals surface area contributed by atoms with Crippen LogP contribution in [-0.2, 0) is 32.7 Å². The van der Waals surface area contributed by atoms with Crippen molar-refractivity contribution < 1.29 is 42.1 Å². The van der Waals surface area contributed by atoms with E-state index in [9.17, 15) is 19.0 Å². The van der Waals surface area contributed by atoms with Crippen molar-refractivity contribution in [3.63, 3.8) is 0 Å². The topological polar surface area (TPSA) is 108 Å². The lowest BCUT2D eigenvalue weighted by molar-refractivity contribution is -0.870. The van der Waals surface area contributed by atoms with Gasteiger partial charge in [-0.1, -0.05) is 187 Å². The third-order valence-corrected chi connectivity index (χ3v) is 11.0. The van der Waals surface area contributed by atoms with Gasteiger partial charge < -0.3 is 18.9 Å². The van der Waals surface area contributed by atoms with Crippen LogP contribution in [0.2, 0.25) is 0 Å². The highest BCUT2D eigenvalue weighted by molar-refractivity contribution is 7.47. The molecule has 0 spiro atoms. The summed E-state index contributed by atoms with van der Waals surface area (Å²) in [4.78, 5) is 35.3. The quantitative estimate of drug-likeness (QED) is 0.0214. The van der Waals surface area contributed by atoms with Crippen molar-refractivity contribution in [2.24, 2.45) is 0 Å². The van der Waals surface area contributed by atoms with Gasteiger partial charge in [-0.05, 0) is 25.7 Å². The Kier molecular flexibility index (Phi) is 37.4. The van der Waals surface area contributed by atoms with Crippen LogP contribution >= 0.6 is 7.82 Å². The van der Waals surface area contributed by atoms with E-state index in [0.717, 1.165) is 32.1 Å². The lowest BCUT2D eigenvalue weighted by Gasteiger charge is -2.24. The van der Waals surface area contributed by atoms with E-state index in [1.54, 1.807) is 0 Å². The normalized spacial score (nSPS) is 13.6. The van der Waals surface area contributed by atoms with Crippen LogP contribution in [0.1, 0.15) is 213 Å². The molecule has 0 aliphatic heterocycles. The zero-order valence-corrected chi connectivity index (χ0v) is 37.6. The number of likely N-dealkylation sites (N-methyl/N-ethyl adjacent to an activating group) is 1. The van der Waals surface area contributed by atoms with E-state index in [4.69, 9.17) is 18.5 Å². The Morgan fingerprint density at radius 1 is 0.545 bits per heavy atom. The molecule has 9 nitrogen and oxygen atoms in total. The van der Waals surface area contributed by atoms with Gasteiger partial charge in [0, 0.05) is 12.8 Å². The third kappa shape index (κ3) is 42.2. The Balaban J connectivity index is 4.34. The SMILES string of the molecule is CCCCCCCCCCCCC/C=C/CCC(=O)O[C@H](COC(=O)CCCCCCCCCCCCCCCCCC)COP(=O)(O)OCC[N+](C)(C)C. The van der Waals surface area contributed by atoms with Gasteiger partial charge in [0.2, 0.25) is 0 Å². The number of carbonyl (C=O) groups excluding carboxylic acids is 2. The second-order valence-corrected chi connectivity index (χ2v) is 18.2. The molecule has 0 bridgehead atoms. The summed E-state index contributed by atoms with van der Waals surface area (Å²) in [5.74, 6) is -0.844. The van der Waals surface area contributed by atoms with Gasteiger partial charge in [0.05, 0.1) is 27.7 Å². The van der Waals surface area contributed by atoms with Crippen molar-refractivity contribution in [1.82, 2.24) is 0 Å². The molecule has 0 aromatic heterocycles. The molecule has 0 aromatic rings. The summed E-state index contributed by atoms with van der Waals surface area (Å²) in [5.41, 5.74) is 0. The standard InChI is InChI=1S/C45H88NO8P/c1-6-8-10-12-14-16-18-20-22-24-25-27-29-31-33-35-37-44(47)51-41-43(42-53-55(49,50)52-40-39-46(3,4)5)54-45(48)38-36-34-32-30-28-26-23-21-19-17-15-13-11-9-7-2/h32,34,43H,6-31,33,35-42H2,1-5H3/p+1/b34-32+/t43-/m1/s1. The number of esters is 2. The average molecular weight is 803 g/mol. The van der Waals surface area contributed by atoms with E-state index >= 15 is 0 Å². The van der Waals surface area contributed by atoms with Crippen molar-refractivity contribution in [2.75, 3.05) is 47.5 Å². The maximum Gasteiger partial charge on any atom is 0.472 e. The van der Waals surface area contributed by atoms with E-state index < -0.39 is 26.5 Å². The van der Waals surface area contributed by atoms with Crippen LogP contribution in [0.5, 0.6) is 0 Å². The molecule has 0 aliphatic carbocycles. The van der Waals surface area contributed by atoms with Crippen molar-refractivity contribution in [3.8, 4) is 0 Å². The van der Waals surface area contributed by atoms with Gasteiger partial charge in [-0.25, -0.2) is 4.57 Å². The number of unbranched alkanes of at least 4 members (excludes halogenated alkanes) is 26. The van der Waals surface area contributed by atoms with Crippen LogP contribution in [0.25, 0.3) is 0 Å². The molecule has 0 aliphatic rings. The number of allylic oxidation sites excluding steroid dienone is 2. The van der Waals surface area contributed by atoms with Gasteiger partial charge in [0.1, 0.15) is 19.8 Å². The Morgan fingerprint density at radius 3 is 1.42 bits per heavy atom. The van der Waals surface area contributed by atoms with Crippen LogP contribution in [0.3, 0.4) is 0 Å². The number of nitrogens with zero attached hydrogens (tertiary/aromatic N) is 1. The summed E-state index contributed by atoms with van der Waals surface area (Å²) in [6, 6.07) is 0. The first-order valence-electron chi connectivity index (χ1n) is 22.9. The van der Waals surface area contributed by atoms with Gasteiger partial charge in [-0.2, -0.15) is 0 Å². The molecule has 0 heterocycles. The molecule has 1 N–H and O–H groups in total. The molecule has 0 amide bonds. The maximum atomic E-state index is 12.7. The predicted octanol–water partition coefficient (Wildman–Crippen LogP) is 13.0. The molecule has 10 heteroatoms. The second kappa shape index (κ2) is 38.3. The third-order valence-electron chi connectivity index (χ3n) is 10.1. The predicted molar refractivity (Wildman–Crippen MR) is 229 cm³/mol. The van der Waals surface area contributed by atoms with E-state index in [0.29, 0.717) is 17.4 Å². The number of hydrogen-bond donors (Lipinski definition) is 1. The number of quaternary nitrogens is 1. The number of phosphoric acid groups is 1. The molecular formula is C45H89NO8P+. The number of ether oxygens (including phenoxy) is 2. The maximum absolute atomic E-state index is 12.7. The molecule has 0 saturated heterocycles. The number of rotatable bonds is 42. The first-order valence-corrected chi connectivity index (χ1v) is 24.4. The Hall–Kier alpha value is -1.25. The minimum absolute atomic E-state index is 0.0293. The molecule has 0 fully saturated rings. The van der Waals surface area contributed by atoms with Crippen molar-refractivity contribution in [1.29, 1.82) is 0 Å². The smallest absolute Gasteiger partial charge is 0.462 e. The van der Waals surface area contributed by atoms with Gasteiger partial charge in [0.15, 0.2) is 6.10 Å². The van der Waals surface area contributed by atoms with Crippen LogP contribution in [-0.4, -0.2) is 74.9 Å². The molecule has 326 valence electrons. The lowest BCUT2D eigenvalue weighted by Crippen LogP contribution is -2.37. The highest BCUT2D eigenvalue weighted by Gasteiger charge is 2.27. The molecule has 1 unspecified atom stereocenters. The summed E-state index contributed by atoms with van der Waals surface area (Å²) in [7, 11) is 1.47. The van der Waals surface area contributed by atoms with E-state index in [1.165, 1.54) is 148 Å². The molecule has 0 rings (SSSR count). The largest absolute Gasteiger partial charge is 0.472 e. The van der Waals surface area contributed by atoms with Gasteiger partial charge in [-0.15, -0.1) is 0 Å². The molecule has 55 heavy (non-hydrogen) atoms. The number of hydrogen-bond acceptors (Lipinski definition) is 7. The summed E-state index contributed by atoms with van der Waals surface area (Å²) >= 11 is 0. The van der Waals surface area contributed by atoms with Gasteiger partial charge >= 0.3 is 19.8 Å². The highest BCUT2D eigenvalue weighted by Crippen LogP contribution is 2.43. The molecule has 0 radical (unpaired) electrons. The summed E-state index contributed by atoms with van der Waals surface area (Å²) in [6.45, 7) is 4.41. The van der Waals surface area contributed by atoms with E-state index in [2.05, 4.69) is 19.9 Å². The average Bonchev–Trinajstić information content (AvgIpc) is 3.13. The molecule has 2 atom stereocenters. The fourth-order valence-corrected chi connectivity index (χ4v) is 7.19. The van der Waals surface area contributed by atoms with E-state index in [1.807, 2.05) is 27.2 Å². The summed E-state index contributed by atoms with van der Waals surface area (Å²) in [5, 5.41) is 0. The van der Waals surface area contributed by atoms with Crippen LogP contribution in [0.4, 0.5) is 0 Å². The molecule has 0 saturated carbocycles. The van der Waals surface area contributed by atoms with Crippen LogP contribution in [0.15, 0.2) is 12.2 Å². The Bertz CT molecular complexity index is 954. The zero-order valence-electron chi connectivity index (χ0n) is 36.7. The minimum atomic E-state index is -4.38. The fraction of sp³-hybridized carbons (Fsp3) is 0.911. The van der Waals surface area contributed by atoms with E-state index in [-0.39, 0.29) is 32.0 Å². The summed E-state index contributed by atoms with van der Waals surface area (Å²) in [6.07, 6.45) is 39.8. The Labute approximate surface area is 339 Å². The highest BCUT2D eigenvalue weighted by atomic mass is 31.2. The monoisotopic (exact) mass is 803 g/mol. The zero-order chi connectivity index (χ0) is 40.7. The van der Waals surface area contributed by atoms with Crippen LogP contribution < -0.4 is 0 Å². The first-order chi connectivity index (χ1) is 26.5.